The van der Waals surface area contributed by atoms with Crippen molar-refractivity contribution in [2.24, 2.45) is 0 Å². The molecule has 1 aromatic carbocycles. The normalized spacial score (nSPS) is 10.9. The minimum atomic E-state index is -0.529. The summed E-state index contributed by atoms with van der Waals surface area (Å²) in [7, 11) is 1.46. The Kier molecular flexibility index (Phi) is 4.29. The summed E-state index contributed by atoms with van der Waals surface area (Å²) in [4.78, 5) is 10.7. The van der Waals surface area contributed by atoms with Crippen molar-refractivity contribution in [2.75, 3.05) is 7.11 Å². The molecule has 0 N–H and O–H groups in total. The van der Waals surface area contributed by atoms with Gasteiger partial charge in [0, 0.05) is 7.11 Å². The average Bonchev–Trinajstić information content (AvgIpc) is 2.65. The highest BCUT2D eigenvalue weighted by molar-refractivity contribution is 6.32. The fraction of sp³-hybridized carbons (Fsp3) is 0.357. The van der Waals surface area contributed by atoms with E-state index in [2.05, 4.69) is 5.10 Å². The van der Waals surface area contributed by atoms with E-state index >= 15 is 0 Å². The van der Waals surface area contributed by atoms with E-state index in [-0.39, 0.29) is 23.1 Å². The summed E-state index contributed by atoms with van der Waals surface area (Å²) in [6.45, 7) is 5.88. The van der Waals surface area contributed by atoms with Gasteiger partial charge in [-0.1, -0.05) is 29.3 Å². The molecule has 0 unspecified atom stereocenters. The molecule has 0 radical (unpaired) electrons. The molecule has 0 saturated carbocycles. The summed E-state index contributed by atoms with van der Waals surface area (Å²) in [5.74, 6) is 0. The molecule has 0 atom stereocenters. The molecule has 0 saturated heterocycles. The van der Waals surface area contributed by atoms with E-state index in [1.807, 2.05) is 32.9 Å². The second kappa shape index (κ2) is 5.83. The van der Waals surface area contributed by atoms with Crippen LogP contribution in [0.2, 0.25) is 5.15 Å². The first-order valence-corrected chi connectivity index (χ1v) is 6.73. The number of benzene rings is 1. The van der Waals surface area contributed by atoms with Gasteiger partial charge in [0.15, 0.2) is 5.69 Å². The third-order valence-electron chi connectivity index (χ3n) is 3.19. The summed E-state index contributed by atoms with van der Waals surface area (Å²) in [5.41, 5.74) is 3.79. The number of nitrogens with zero attached hydrogens (tertiary/aromatic N) is 3. The van der Waals surface area contributed by atoms with Gasteiger partial charge in [-0.15, -0.1) is 0 Å². The van der Waals surface area contributed by atoms with Gasteiger partial charge in [0.05, 0.1) is 17.2 Å². The first-order chi connectivity index (χ1) is 9.86. The maximum atomic E-state index is 11.2. The average molecular weight is 310 g/mol. The number of hydrogen-bond acceptors (Lipinski definition) is 4. The van der Waals surface area contributed by atoms with Crippen LogP contribution in [0.3, 0.4) is 0 Å². The van der Waals surface area contributed by atoms with Crippen molar-refractivity contribution in [3.05, 3.63) is 49.8 Å². The number of aryl methyl sites for hydroxylation is 3. The van der Waals surface area contributed by atoms with Crippen LogP contribution >= 0.6 is 11.6 Å². The monoisotopic (exact) mass is 309 g/mol. The lowest BCUT2D eigenvalue weighted by Crippen LogP contribution is -2.03. The molecule has 0 aliphatic carbocycles. The van der Waals surface area contributed by atoms with Gasteiger partial charge in [-0.05, 0) is 31.9 Å². The maximum absolute atomic E-state index is 11.2. The number of rotatable bonds is 4. The smallest absolute Gasteiger partial charge is 0.331 e. The van der Waals surface area contributed by atoms with Crippen LogP contribution in [0.4, 0.5) is 5.69 Å². The van der Waals surface area contributed by atoms with Crippen LogP contribution in [0.15, 0.2) is 12.1 Å². The van der Waals surface area contributed by atoms with Crippen molar-refractivity contribution in [1.29, 1.82) is 0 Å². The largest absolute Gasteiger partial charge is 0.378 e. The summed E-state index contributed by atoms with van der Waals surface area (Å²) in [5, 5.41) is 15.4. The molecule has 2 rings (SSSR count). The van der Waals surface area contributed by atoms with Gasteiger partial charge in [-0.25, -0.2) is 4.68 Å². The maximum Gasteiger partial charge on any atom is 0.331 e. The zero-order chi connectivity index (χ0) is 15.7. The molecule has 112 valence electrons. The molecule has 0 fully saturated rings. The summed E-state index contributed by atoms with van der Waals surface area (Å²) < 4.78 is 6.38. The first kappa shape index (κ1) is 15.5. The number of halogens is 1. The molecular formula is C14H16ClN3O3. The van der Waals surface area contributed by atoms with Gasteiger partial charge in [0.2, 0.25) is 5.15 Å². The summed E-state index contributed by atoms with van der Waals surface area (Å²) >= 11 is 6.18. The molecule has 0 amide bonds. The lowest BCUT2D eigenvalue weighted by molar-refractivity contribution is -0.385. The van der Waals surface area contributed by atoms with E-state index in [9.17, 15) is 10.1 Å². The zero-order valence-corrected chi connectivity index (χ0v) is 13.1. The van der Waals surface area contributed by atoms with Gasteiger partial charge in [0.25, 0.3) is 0 Å². The molecule has 0 spiro atoms. The third-order valence-corrected chi connectivity index (χ3v) is 3.53. The molecule has 1 heterocycles. The summed E-state index contributed by atoms with van der Waals surface area (Å²) in [6, 6.07) is 3.98. The summed E-state index contributed by atoms with van der Waals surface area (Å²) in [6.07, 6.45) is 0. The minimum Gasteiger partial charge on any atom is -0.378 e. The second-order valence-corrected chi connectivity index (χ2v) is 5.29. The standard InChI is InChI=1S/C14H16ClN3O3/c1-8-5-9(2)12(10(3)6-8)17-14(15)13(18(19)20)11(16-17)7-21-4/h5-6H,7H2,1-4H3. The van der Waals surface area contributed by atoms with E-state index in [1.165, 1.54) is 11.8 Å². The van der Waals surface area contributed by atoms with E-state index in [0.29, 0.717) is 0 Å². The molecule has 0 aliphatic heterocycles. The van der Waals surface area contributed by atoms with Crippen molar-refractivity contribution >= 4 is 17.3 Å². The highest BCUT2D eigenvalue weighted by Gasteiger charge is 2.28. The van der Waals surface area contributed by atoms with Gasteiger partial charge in [-0.3, -0.25) is 10.1 Å². The van der Waals surface area contributed by atoms with Crippen LogP contribution in [0, 0.1) is 30.9 Å². The molecule has 0 aliphatic rings. The van der Waals surface area contributed by atoms with Crippen LogP contribution in [0.25, 0.3) is 5.69 Å². The fourth-order valence-corrected chi connectivity index (χ4v) is 2.80. The number of aromatic nitrogens is 2. The fourth-order valence-electron chi connectivity index (χ4n) is 2.50. The van der Waals surface area contributed by atoms with Crippen LogP contribution in [-0.2, 0) is 11.3 Å². The quantitative estimate of drug-likeness (QED) is 0.640. The van der Waals surface area contributed by atoms with Crippen LogP contribution in [0.5, 0.6) is 0 Å². The topological polar surface area (TPSA) is 70.2 Å². The Balaban J connectivity index is 2.71. The lowest BCUT2D eigenvalue weighted by Gasteiger charge is -2.11. The lowest BCUT2D eigenvalue weighted by atomic mass is 10.1. The molecule has 1 aromatic heterocycles. The van der Waals surface area contributed by atoms with E-state index in [4.69, 9.17) is 16.3 Å². The Morgan fingerprint density at radius 2 is 1.90 bits per heavy atom. The van der Waals surface area contributed by atoms with E-state index in [0.717, 1.165) is 22.4 Å². The van der Waals surface area contributed by atoms with Gasteiger partial charge in [-0.2, -0.15) is 5.10 Å². The molecular weight excluding hydrogens is 294 g/mol. The number of methoxy groups -OCH3 is 1. The van der Waals surface area contributed by atoms with Crippen molar-refractivity contribution in [3.8, 4) is 5.69 Å². The van der Waals surface area contributed by atoms with Crippen LogP contribution < -0.4 is 0 Å². The number of hydrogen-bond donors (Lipinski definition) is 0. The van der Waals surface area contributed by atoms with E-state index in [1.54, 1.807) is 0 Å². The highest BCUT2D eigenvalue weighted by atomic mass is 35.5. The minimum absolute atomic E-state index is 0.0119. The van der Waals surface area contributed by atoms with Crippen LogP contribution in [-0.4, -0.2) is 21.8 Å². The molecule has 0 bridgehead atoms. The Morgan fingerprint density at radius 1 is 1.33 bits per heavy atom. The zero-order valence-electron chi connectivity index (χ0n) is 12.3. The Morgan fingerprint density at radius 3 is 2.38 bits per heavy atom. The molecule has 6 nitrogen and oxygen atoms in total. The van der Waals surface area contributed by atoms with Crippen molar-refractivity contribution < 1.29 is 9.66 Å². The van der Waals surface area contributed by atoms with Crippen molar-refractivity contribution in [2.45, 2.75) is 27.4 Å². The number of ether oxygens (including phenoxy) is 1. The predicted octanol–water partition coefficient (Wildman–Crippen LogP) is 3.51. The Bertz CT molecular complexity index is 687. The van der Waals surface area contributed by atoms with Gasteiger partial charge < -0.3 is 4.74 Å². The predicted molar refractivity (Wildman–Crippen MR) is 80.2 cm³/mol. The third kappa shape index (κ3) is 2.77. The van der Waals surface area contributed by atoms with Crippen molar-refractivity contribution in [3.63, 3.8) is 0 Å². The molecule has 7 heteroatoms. The van der Waals surface area contributed by atoms with Gasteiger partial charge in [0.1, 0.15) is 0 Å². The molecule has 2 aromatic rings. The van der Waals surface area contributed by atoms with Crippen molar-refractivity contribution in [1.82, 2.24) is 9.78 Å². The Labute approximate surface area is 127 Å². The second-order valence-electron chi connectivity index (χ2n) is 4.94. The molecule has 21 heavy (non-hydrogen) atoms. The first-order valence-electron chi connectivity index (χ1n) is 6.35. The number of nitro groups is 1. The SMILES string of the molecule is COCc1nn(-c2c(C)cc(C)cc2C)c(Cl)c1[N+](=O)[O-]. The van der Waals surface area contributed by atoms with Crippen LogP contribution in [0.1, 0.15) is 22.4 Å². The highest BCUT2D eigenvalue weighted by Crippen LogP contribution is 2.33. The van der Waals surface area contributed by atoms with E-state index < -0.39 is 4.92 Å². The van der Waals surface area contributed by atoms with Gasteiger partial charge >= 0.3 is 5.69 Å². The Hall–Kier alpha value is -1.92.